The number of ether oxygens (including phenoxy) is 1. The molecule has 11 nitrogen and oxygen atoms in total. The zero-order chi connectivity index (χ0) is 28.1. The first kappa shape index (κ1) is 25.4. The monoisotopic (exact) mass is 539 g/mol. The van der Waals surface area contributed by atoms with Gasteiger partial charge in [0.2, 0.25) is 11.7 Å². The zero-order valence-electron chi connectivity index (χ0n) is 23.0. The lowest BCUT2D eigenvalue weighted by atomic mass is 9.90. The van der Waals surface area contributed by atoms with Crippen LogP contribution in [0.15, 0.2) is 64.1 Å². The first-order valence-corrected chi connectivity index (χ1v) is 12.9. The SMILES string of the molecule is COc1c(-c2nc3ccccc3o2)nc(N2CCc3ccc(C(=O)N(C)C)cc3C2c2nccn2C)n(C)c1=O. The van der Waals surface area contributed by atoms with Crippen LogP contribution in [0.2, 0.25) is 0 Å². The molecule has 1 unspecified atom stereocenters. The normalized spacial score (nSPS) is 14.8. The van der Waals surface area contributed by atoms with Crippen LogP contribution in [0.1, 0.15) is 33.4 Å². The summed E-state index contributed by atoms with van der Waals surface area (Å²) in [6.07, 6.45) is 4.30. The highest BCUT2D eigenvalue weighted by Crippen LogP contribution is 2.39. The lowest BCUT2D eigenvalue weighted by molar-refractivity contribution is 0.0827. The fourth-order valence-electron chi connectivity index (χ4n) is 5.27. The highest BCUT2D eigenvalue weighted by molar-refractivity contribution is 5.94. The number of methoxy groups -OCH3 is 1. The Labute approximate surface area is 230 Å². The number of rotatable bonds is 5. The number of aromatic nitrogens is 5. The average Bonchev–Trinajstić information content (AvgIpc) is 3.59. The van der Waals surface area contributed by atoms with E-state index in [0.29, 0.717) is 35.6 Å². The second-order valence-corrected chi connectivity index (χ2v) is 10.0. The van der Waals surface area contributed by atoms with Crippen LogP contribution >= 0.6 is 0 Å². The molecule has 40 heavy (non-hydrogen) atoms. The molecule has 0 N–H and O–H groups in total. The van der Waals surface area contributed by atoms with Crippen molar-refractivity contribution in [1.82, 2.24) is 29.0 Å². The van der Waals surface area contributed by atoms with Crippen LogP contribution in [0, 0.1) is 0 Å². The maximum Gasteiger partial charge on any atom is 0.297 e. The van der Waals surface area contributed by atoms with Crippen LogP contribution in [-0.4, -0.2) is 62.6 Å². The smallest absolute Gasteiger partial charge is 0.297 e. The number of fused-ring (bicyclic) bond motifs is 2. The average molecular weight is 540 g/mol. The summed E-state index contributed by atoms with van der Waals surface area (Å²) in [5, 5.41) is 0. The Bertz CT molecular complexity index is 1780. The Morgan fingerprint density at radius 1 is 1.12 bits per heavy atom. The number of para-hydroxylation sites is 2. The van der Waals surface area contributed by atoms with E-state index in [1.54, 1.807) is 32.2 Å². The summed E-state index contributed by atoms with van der Waals surface area (Å²) < 4.78 is 14.9. The summed E-state index contributed by atoms with van der Waals surface area (Å²) in [4.78, 5) is 44.3. The van der Waals surface area contributed by atoms with E-state index in [4.69, 9.17) is 14.1 Å². The van der Waals surface area contributed by atoms with Gasteiger partial charge in [-0.05, 0) is 41.8 Å². The zero-order valence-corrected chi connectivity index (χ0v) is 23.0. The minimum absolute atomic E-state index is 0.0441. The summed E-state index contributed by atoms with van der Waals surface area (Å²) in [7, 11) is 8.49. The molecule has 204 valence electrons. The van der Waals surface area contributed by atoms with Crippen LogP contribution in [0.5, 0.6) is 5.75 Å². The molecule has 11 heteroatoms. The second-order valence-electron chi connectivity index (χ2n) is 10.0. The Morgan fingerprint density at radius 3 is 2.62 bits per heavy atom. The second kappa shape index (κ2) is 9.67. The lowest BCUT2D eigenvalue weighted by Crippen LogP contribution is -2.41. The summed E-state index contributed by atoms with van der Waals surface area (Å²) in [5.41, 5.74) is 3.70. The molecule has 0 spiro atoms. The van der Waals surface area contributed by atoms with Gasteiger partial charge in [-0.1, -0.05) is 18.2 Å². The Hall–Kier alpha value is -4.93. The van der Waals surface area contributed by atoms with Crippen molar-refractivity contribution in [3.63, 3.8) is 0 Å². The number of amides is 1. The molecule has 0 saturated carbocycles. The van der Waals surface area contributed by atoms with Crippen molar-refractivity contribution < 1.29 is 13.9 Å². The number of benzene rings is 2. The van der Waals surface area contributed by atoms with Crippen molar-refractivity contribution in [3.05, 3.63) is 87.7 Å². The lowest BCUT2D eigenvalue weighted by Gasteiger charge is -2.38. The molecule has 0 fully saturated rings. The molecule has 2 aromatic carbocycles. The number of aryl methyl sites for hydroxylation is 1. The number of oxazole rings is 1. The topological polar surface area (TPSA) is 112 Å². The predicted octanol–water partition coefficient (Wildman–Crippen LogP) is 3.18. The molecule has 3 aromatic heterocycles. The Kier molecular flexibility index (Phi) is 6.13. The van der Waals surface area contributed by atoms with Crippen LogP contribution in [0.3, 0.4) is 0 Å². The molecule has 4 heterocycles. The van der Waals surface area contributed by atoms with Crippen molar-refractivity contribution >= 4 is 23.0 Å². The molecule has 1 atom stereocenters. The third-order valence-corrected chi connectivity index (χ3v) is 7.31. The molecule has 5 aromatic rings. The van der Waals surface area contributed by atoms with E-state index in [1.807, 2.05) is 65.2 Å². The van der Waals surface area contributed by atoms with Crippen LogP contribution < -0.4 is 15.2 Å². The van der Waals surface area contributed by atoms with Crippen LogP contribution in [0.25, 0.3) is 22.7 Å². The van der Waals surface area contributed by atoms with E-state index < -0.39 is 6.04 Å². The van der Waals surface area contributed by atoms with E-state index in [0.717, 1.165) is 17.0 Å². The summed E-state index contributed by atoms with van der Waals surface area (Å²) in [6.45, 7) is 0.561. The van der Waals surface area contributed by atoms with Crippen molar-refractivity contribution in [2.24, 2.45) is 14.1 Å². The minimum Gasteiger partial charge on any atom is -0.489 e. The van der Waals surface area contributed by atoms with Gasteiger partial charge in [0, 0.05) is 52.7 Å². The van der Waals surface area contributed by atoms with Gasteiger partial charge in [0.05, 0.1) is 7.11 Å². The predicted molar refractivity (Wildman–Crippen MR) is 150 cm³/mol. The number of hydrogen-bond acceptors (Lipinski definition) is 8. The largest absolute Gasteiger partial charge is 0.489 e. The number of carbonyl (C=O) groups is 1. The third-order valence-electron chi connectivity index (χ3n) is 7.31. The van der Waals surface area contributed by atoms with Gasteiger partial charge >= 0.3 is 0 Å². The summed E-state index contributed by atoms with van der Waals surface area (Å²) in [5.74, 6) is 1.31. The molecular formula is C29H29N7O4. The quantitative estimate of drug-likeness (QED) is 0.335. The molecule has 0 radical (unpaired) electrons. The van der Waals surface area contributed by atoms with Gasteiger partial charge in [0.15, 0.2) is 11.3 Å². The van der Waals surface area contributed by atoms with Crippen molar-refractivity contribution in [3.8, 4) is 17.3 Å². The number of anilines is 1. The number of hydrogen-bond donors (Lipinski definition) is 0. The van der Waals surface area contributed by atoms with Gasteiger partial charge in [-0.25, -0.2) is 15.0 Å². The molecular weight excluding hydrogens is 510 g/mol. The fraction of sp³-hybridized carbons (Fsp3) is 0.276. The van der Waals surface area contributed by atoms with E-state index >= 15 is 0 Å². The first-order chi connectivity index (χ1) is 19.3. The van der Waals surface area contributed by atoms with Gasteiger partial charge in [0.25, 0.3) is 17.4 Å². The Balaban J connectivity index is 1.56. The summed E-state index contributed by atoms with van der Waals surface area (Å²) in [6, 6.07) is 12.7. The van der Waals surface area contributed by atoms with E-state index in [-0.39, 0.29) is 28.8 Å². The van der Waals surface area contributed by atoms with Gasteiger partial charge in [-0.2, -0.15) is 0 Å². The van der Waals surface area contributed by atoms with Gasteiger partial charge in [-0.3, -0.25) is 14.2 Å². The maximum absolute atomic E-state index is 13.6. The molecule has 1 amide bonds. The minimum atomic E-state index is -0.415. The molecule has 1 aliphatic rings. The van der Waals surface area contributed by atoms with E-state index in [1.165, 1.54) is 11.7 Å². The molecule has 1 aliphatic heterocycles. The molecule has 0 bridgehead atoms. The standard InChI is InChI=1S/C29H29N7O4/c1-33(2)27(37)18-11-10-17-12-14-36(23(19(17)16-18)25-30-13-15-34(25)3)29-32-22(24(39-5)28(38)35(29)4)26-31-20-8-6-7-9-21(20)40-26/h6-11,13,15-16,23H,12,14H2,1-5H3. The Morgan fingerprint density at radius 2 is 1.93 bits per heavy atom. The van der Waals surface area contributed by atoms with Crippen molar-refractivity contribution in [2.75, 3.05) is 32.6 Å². The molecule has 6 rings (SSSR count). The summed E-state index contributed by atoms with van der Waals surface area (Å²) >= 11 is 0. The van der Waals surface area contributed by atoms with E-state index in [2.05, 4.69) is 9.97 Å². The van der Waals surface area contributed by atoms with Crippen LogP contribution in [-0.2, 0) is 20.5 Å². The van der Waals surface area contributed by atoms with Crippen molar-refractivity contribution in [2.45, 2.75) is 12.5 Å². The highest BCUT2D eigenvalue weighted by Gasteiger charge is 2.36. The maximum atomic E-state index is 13.6. The van der Waals surface area contributed by atoms with Gasteiger partial charge in [-0.15, -0.1) is 0 Å². The van der Waals surface area contributed by atoms with Gasteiger partial charge < -0.3 is 23.5 Å². The highest BCUT2D eigenvalue weighted by atomic mass is 16.5. The van der Waals surface area contributed by atoms with E-state index in [9.17, 15) is 9.59 Å². The molecule has 0 saturated heterocycles. The van der Waals surface area contributed by atoms with Gasteiger partial charge in [0.1, 0.15) is 17.4 Å². The van der Waals surface area contributed by atoms with Crippen LogP contribution in [0.4, 0.5) is 5.95 Å². The fourth-order valence-corrected chi connectivity index (χ4v) is 5.27. The number of imidazole rings is 1. The van der Waals surface area contributed by atoms with Crippen molar-refractivity contribution in [1.29, 1.82) is 0 Å². The molecule has 0 aliphatic carbocycles. The third kappa shape index (κ3) is 4.01. The number of nitrogens with zero attached hydrogens (tertiary/aromatic N) is 7. The number of carbonyl (C=O) groups excluding carboxylic acids is 1. The first-order valence-electron chi connectivity index (χ1n) is 12.9.